The first-order chi connectivity index (χ1) is 17.0. The van der Waals surface area contributed by atoms with E-state index in [1.165, 1.54) is 0 Å². The van der Waals surface area contributed by atoms with Gasteiger partial charge in [-0.25, -0.2) is 0 Å². The first kappa shape index (κ1) is 31.1. The van der Waals surface area contributed by atoms with Crippen LogP contribution in [0.1, 0.15) is 12.8 Å². The standard InChI is InChI=1S/C20H38N2O14/c21-3-7(1-2-8(22)18(31)32)11(36-20-17(30)15(28)13(26)10(5-24)35-20)6-33-19-16(29)14(27)12(25)9(4-23)34-19/h7-17,19-20,23-30H,1-6,21-22H2,(H,31,32)/t7?,8-,9+,10+,11?,12+,13-,14-,15-,16+,17+,19+,20-/m0/s1. The van der Waals surface area contributed by atoms with Crippen LogP contribution in [0.4, 0.5) is 0 Å². The van der Waals surface area contributed by atoms with E-state index in [1.807, 2.05) is 0 Å². The molecule has 0 aromatic rings. The summed E-state index contributed by atoms with van der Waals surface area (Å²) in [6.07, 6.45) is -16.8. The maximum Gasteiger partial charge on any atom is 0.320 e. The van der Waals surface area contributed by atoms with Gasteiger partial charge in [0.2, 0.25) is 0 Å². The Morgan fingerprint density at radius 3 is 1.78 bits per heavy atom. The predicted octanol–water partition coefficient (Wildman–Crippen LogP) is -6.24. The fourth-order valence-electron chi connectivity index (χ4n) is 4.01. The summed E-state index contributed by atoms with van der Waals surface area (Å²) < 4.78 is 22.0. The second kappa shape index (κ2) is 14.2. The van der Waals surface area contributed by atoms with Crippen molar-refractivity contribution in [2.24, 2.45) is 17.4 Å². The third-order valence-corrected chi connectivity index (χ3v) is 6.42. The van der Waals surface area contributed by atoms with Crippen LogP contribution in [-0.4, -0.2) is 152 Å². The number of hydrogen-bond acceptors (Lipinski definition) is 15. The number of carboxylic acid groups (broad SMARTS) is 1. The largest absolute Gasteiger partial charge is 0.480 e. The summed E-state index contributed by atoms with van der Waals surface area (Å²) in [5, 5.41) is 88.3. The lowest BCUT2D eigenvalue weighted by atomic mass is 9.94. The number of aliphatic hydroxyl groups is 8. The van der Waals surface area contributed by atoms with E-state index in [-0.39, 0.29) is 19.4 Å². The molecule has 0 aliphatic carbocycles. The smallest absolute Gasteiger partial charge is 0.320 e. The van der Waals surface area contributed by atoms with Crippen LogP contribution in [-0.2, 0) is 23.7 Å². The Hall–Kier alpha value is -1.09. The summed E-state index contributed by atoms with van der Waals surface area (Å²) >= 11 is 0. The topological polar surface area (TPSA) is 288 Å². The SMILES string of the molecule is NCC(CC[C@H](N)C(=O)O)C(CO[C@@H]1O[C@H](CO)[C@@H](O)[C@H](O)[C@H]1O)O[C@@H]1O[C@H](CO)[C@H](O)[C@H](O)[C@H]1O. The molecular weight excluding hydrogens is 492 g/mol. The second-order valence-corrected chi connectivity index (χ2v) is 8.92. The van der Waals surface area contributed by atoms with E-state index in [4.69, 9.17) is 35.5 Å². The van der Waals surface area contributed by atoms with Gasteiger partial charge in [-0.3, -0.25) is 4.79 Å². The van der Waals surface area contributed by atoms with Gasteiger partial charge >= 0.3 is 5.97 Å². The summed E-state index contributed by atoms with van der Waals surface area (Å²) in [6.45, 7) is -1.92. The Morgan fingerprint density at radius 1 is 0.806 bits per heavy atom. The summed E-state index contributed by atoms with van der Waals surface area (Å²) in [5.74, 6) is -1.91. The average Bonchev–Trinajstić information content (AvgIpc) is 2.86. The molecule has 0 aromatic carbocycles. The number of carboxylic acids is 1. The number of ether oxygens (including phenoxy) is 4. The zero-order chi connectivity index (χ0) is 27.2. The molecule has 0 spiro atoms. The van der Waals surface area contributed by atoms with Gasteiger partial charge in [0.05, 0.1) is 25.9 Å². The predicted molar refractivity (Wildman–Crippen MR) is 116 cm³/mol. The number of aliphatic carboxylic acids is 1. The number of hydrogen-bond donors (Lipinski definition) is 11. The highest BCUT2D eigenvalue weighted by Crippen LogP contribution is 2.27. The van der Waals surface area contributed by atoms with Gasteiger partial charge in [0, 0.05) is 0 Å². The van der Waals surface area contributed by atoms with Crippen molar-refractivity contribution in [3.63, 3.8) is 0 Å². The van der Waals surface area contributed by atoms with Gasteiger partial charge in [-0.05, 0) is 25.3 Å². The monoisotopic (exact) mass is 530 g/mol. The lowest BCUT2D eigenvalue weighted by Crippen LogP contribution is -2.61. The summed E-state index contributed by atoms with van der Waals surface area (Å²) in [4.78, 5) is 11.1. The molecule has 2 unspecified atom stereocenters. The Morgan fingerprint density at radius 2 is 1.31 bits per heavy atom. The van der Waals surface area contributed by atoms with E-state index in [1.54, 1.807) is 0 Å². The van der Waals surface area contributed by atoms with Crippen LogP contribution < -0.4 is 11.5 Å². The minimum absolute atomic E-state index is 0.0220. The van der Waals surface area contributed by atoms with Crippen LogP contribution in [0.2, 0.25) is 0 Å². The van der Waals surface area contributed by atoms with Crippen molar-refractivity contribution in [3.05, 3.63) is 0 Å². The number of carbonyl (C=O) groups is 1. The molecule has 36 heavy (non-hydrogen) atoms. The lowest BCUT2D eigenvalue weighted by molar-refractivity contribution is -0.332. The van der Waals surface area contributed by atoms with E-state index in [0.717, 1.165) is 0 Å². The van der Waals surface area contributed by atoms with Crippen LogP contribution >= 0.6 is 0 Å². The molecule has 0 bridgehead atoms. The molecule has 0 amide bonds. The molecule has 2 aliphatic rings. The van der Waals surface area contributed by atoms with Crippen molar-refractivity contribution >= 4 is 5.97 Å². The zero-order valence-electron chi connectivity index (χ0n) is 19.5. The van der Waals surface area contributed by atoms with Gasteiger partial charge in [0.15, 0.2) is 12.6 Å². The van der Waals surface area contributed by atoms with E-state index < -0.39 is 105 Å². The maximum atomic E-state index is 11.1. The van der Waals surface area contributed by atoms with Crippen LogP contribution in [0.15, 0.2) is 0 Å². The van der Waals surface area contributed by atoms with Crippen molar-refractivity contribution in [1.29, 1.82) is 0 Å². The van der Waals surface area contributed by atoms with Gasteiger partial charge in [-0.15, -0.1) is 0 Å². The molecule has 16 heteroatoms. The maximum absolute atomic E-state index is 11.1. The van der Waals surface area contributed by atoms with Crippen molar-refractivity contribution in [1.82, 2.24) is 0 Å². The van der Waals surface area contributed by atoms with Gasteiger partial charge in [0.25, 0.3) is 0 Å². The molecule has 0 aromatic heterocycles. The number of aliphatic hydroxyl groups excluding tert-OH is 8. The third kappa shape index (κ3) is 7.49. The molecule has 0 radical (unpaired) electrons. The van der Waals surface area contributed by atoms with E-state index >= 15 is 0 Å². The van der Waals surface area contributed by atoms with E-state index in [0.29, 0.717) is 0 Å². The Bertz CT molecular complexity index is 672. The molecule has 13 atom stereocenters. The quantitative estimate of drug-likeness (QED) is 0.105. The fourth-order valence-corrected chi connectivity index (χ4v) is 4.01. The Balaban J connectivity index is 2.19. The molecule has 2 aliphatic heterocycles. The van der Waals surface area contributed by atoms with Gasteiger partial charge < -0.3 is 76.4 Å². The molecule has 16 nitrogen and oxygen atoms in total. The minimum atomic E-state index is -1.75. The number of rotatable bonds is 13. The van der Waals surface area contributed by atoms with Gasteiger partial charge in [0.1, 0.15) is 54.9 Å². The van der Waals surface area contributed by atoms with E-state index in [2.05, 4.69) is 0 Å². The summed E-state index contributed by atoms with van der Waals surface area (Å²) in [6, 6.07) is -1.21. The molecule has 2 fully saturated rings. The van der Waals surface area contributed by atoms with Gasteiger partial charge in [-0.2, -0.15) is 0 Å². The number of nitrogens with two attached hydrogens (primary N) is 2. The first-order valence-corrected chi connectivity index (χ1v) is 11.5. The minimum Gasteiger partial charge on any atom is -0.480 e. The molecule has 2 heterocycles. The average molecular weight is 531 g/mol. The van der Waals surface area contributed by atoms with Gasteiger partial charge in [-0.1, -0.05) is 0 Å². The first-order valence-electron chi connectivity index (χ1n) is 11.5. The molecule has 2 saturated heterocycles. The summed E-state index contributed by atoms with van der Waals surface area (Å²) in [5.41, 5.74) is 11.4. The third-order valence-electron chi connectivity index (χ3n) is 6.42. The normalized spacial score (nSPS) is 39.9. The highest BCUT2D eigenvalue weighted by atomic mass is 16.7. The van der Waals surface area contributed by atoms with Crippen LogP contribution in [0, 0.1) is 5.92 Å². The van der Waals surface area contributed by atoms with Crippen molar-refractivity contribution in [3.8, 4) is 0 Å². The molecule has 0 saturated carbocycles. The lowest BCUT2D eigenvalue weighted by Gasteiger charge is -2.43. The fraction of sp³-hybridized carbons (Fsp3) is 0.950. The Labute approximate surface area is 206 Å². The van der Waals surface area contributed by atoms with Crippen molar-refractivity contribution < 1.29 is 69.7 Å². The molecule has 13 N–H and O–H groups in total. The Kier molecular flexibility index (Phi) is 12.3. The van der Waals surface area contributed by atoms with E-state index in [9.17, 15) is 45.6 Å². The highest BCUT2D eigenvalue weighted by Gasteiger charge is 2.47. The molecule has 212 valence electrons. The summed E-state index contributed by atoms with van der Waals surface area (Å²) in [7, 11) is 0. The molecule has 2 rings (SSSR count). The zero-order valence-corrected chi connectivity index (χ0v) is 19.5. The van der Waals surface area contributed by atoms with Crippen LogP contribution in [0.5, 0.6) is 0 Å². The van der Waals surface area contributed by atoms with Crippen molar-refractivity contribution in [2.75, 3.05) is 26.4 Å². The highest BCUT2D eigenvalue weighted by molar-refractivity contribution is 5.72. The van der Waals surface area contributed by atoms with Crippen molar-refractivity contribution in [2.45, 2.75) is 86.4 Å². The molecular formula is C20H38N2O14. The van der Waals surface area contributed by atoms with Crippen LogP contribution in [0.25, 0.3) is 0 Å². The second-order valence-electron chi connectivity index (χ2n) is 8.92. The van der Waals surface area contributed by atoms with Crippen LogP contribution in [0.3, 0.4) is 0 Å².